The number of methoxy groups -OCH3 is 1. The minimum absolute atomic E-state index is 0.340. The van der Waals surface area contributed by atoms with E-state index in [0.717, 1.165) is 42.3 Å². The molecule has 0 bridgehead atoms. The SMILES string of the molecule is CN=C(NCc1cc2ccccc2o1)NCC1(CCOC)CCCC1. The molecule has 2 aromatic rings. The fraction of sp³-hybridized carbons (Fsp3) is 0.550. The van der Waals surface area contributed by atoms with Crippen LogP contribution in [0.5, 0.6) is 0 Å². The van der Waals surface area contributed by atoms with Crippen molar-refractivity contribution in [1.82, 2.24) is 10.6 Å². The number of nitrogens with zero attached hydrogens (tertiary/aromatic N) is 1. The number of furan rings is 1. The van der Waals surface area contributed by atoms with Gasteiger partial charge in [0.1, 0.15) is 11.3 Å². The number of para-hydroxylation sites is 1. The molecule has 0 unspecified atom stereocenters. The molecular formula is C20H29N3O2. The summed E-state index contributed by atoms with van der Waals surface area (Å²) in [5, 5.41) is 8.00. The zero-order valence-electron chi connectivity index (χ0n) is 15.3. The van der Waals surface area contributed by atoms with Crippen LogP contribution in [0.15, 0.2) is 39.7 Å². The van der Waals surface area contributed by atoms with Gasteiger partial charge in [-0.3, -0.25) is 4.99 Å². The van der Waals surface area contributed by atoms with Crippen LogP contribution in [0.4, 0.5) is 0 Å². The highest BCUT2D eigenvalue weighted by molar-refractivity contribution is 5.80. The maximum Gasteiger partial charge on any atom is 0.191 e. The molecule has 5 nitrogen and oxygen atoms in total. The number of hydrogen-bond donors (Lipinski definition) is 2. The number of fused-ring (bicyclic) bond motifs is 1. The van der Waals surface area contributed by atoms with Gasteiger partial charge >= 0.3 is 0 Å². The van der Waals surface area contributed by atoms with E-state index in [1.807, 2.05) is 25.2 Å². The molecule has 5 heteroatoms. The highest BCUT2D eigenvalue weighted by Crippen LogP contribution is 2.40. The van der Waals surface area contributed by atoms with Crippen LogP contribution < -0.4 is 10.6 Å². The number of rotatable bonds is 7. The first-order valence-corrected chi connectivity index (χ1v) is 9.16. The quantitative estimate of drug-likeness (QED) is 0.594. The molecule has 1 fully saturated rings. The van der Waals surface area contributed by atoms with Crippen LogP contribution in [0.25, 0.3) is 11.0 Å². The van der Waals surface area contributed by atoms with Crippen LogP contribution >= 0.6 is 0 Å². The monoisotopic (exact) mass is 343 g/mol. The molecule has 1 aromatic heterocycles. The molecule has 25 heavy (non-hydrogen) atoms. The van der Waals surface area contributed by atoms with Gasteiger partial charge in [0, 0.05) is 32.7 Å². The molecule has 0 radical (unpaired) electrons. The van der Waals surface area contributed by atoms with Crippen molar-refractivity contribution in [1.29, 1.82) is 0 Å². The number of ether oxygens (including phenoxy) is 1. The van der Waals surface area contributed by atoms with Gasteiger partial charge in [0.15, 0.2) is 5.96 Å². The summed E-state index contributed by atoms with van der Waals surface area (Å²) in [6.07, 6.45) is 6.28. The third-order valence-corrected chi connectivity index (χ3v) is 5.26. The van der Waals surface area contributed by atoms with Crippen LogP contribution in [-0.4, -0.2) is 33.3 Å². The summed E-state index contributed by atoms with van der Waals surface area (Å²) in [7, 11) is 3.59. The molecule has 0 saturated heterocycles. The lowest BCUT2D eigenvalue weighted by atomic mass is 9.83. The van der Waals surface area contributed by atoms with Crippen molar-refractivity contribution < 1.29 is 9.15 Å². The second-order valence-electron chi connectivity index (χ2n) is 6.98. The minimum Gasteiger partial charge on any atom is -0.459 e. The van der Waals surface area contributed by atoms with Gasteiger partial charge in [-0.2, -0.15) is 0 Å². The van der Waals surface area contributed by atoms with E-state index in [4.69, 9.17) is 9.15 Å². The molecule has 0 spiro atoms. The predicted molar refractivity (Wildman–Crippen MR) is 102 cm³/mol. The van der Waals surface area contributed by atoms with Gasteiger partial charge in [0.2, 0.25) is 0 Å². The number of hydrogen-bond acceptors (Lipinski definition) is 3. The summed E-state index contributed by atoms with van der Waals surface area (Å²) in [5.41, 5.74) is 1.26. The lowest BCUT2D eigenvalue weighted by molar-refractivity contribution is 0.138. The molecule has 1 saturated carbocycles. The minimum atomic E-state index is 0.340. The third kappa shape index (κ3) is 4.54. The van der Waals surface area contributed by atoms with E-state index in [-0.39, 0.29) is 0 Å². The van der Waals surface area contributed by atoms with Crippen molar-refractivity contribution in [2.24, 2.45) is 10.4 Å². The van der Waals surface area contributed by atoms with Crippen molar-refractivity contribution >= 4 is 16.9 Å². The lowest BCUT2D eigenvalue weighted by Gasteiger charge is -2.29. The number of aliphatic imine (C=N–C) groups is 1. The molecular weight excluding hydrogens is 314 g/mol. The molecule has 1 aliphatic carbocycles. The Labute approximate surface area is 149 Å². The summed E-state index contributed by atoms with van der Waals surface area (Å²) in [4.78, 5) is 4.35. The van der Waals surface area contributed by atoms with Crippen molar-refractivity contribution in [3.8, 4) is 0 Å². The molecule has 1 aliphatic rings. The molecule has 0 aliphatic heterocycles. The Morgan fingerprint density at radius 2 is 2.04 bits per heavy atom. The number of nitrogens with one attached hydrogen (secondary N) is 2. The maximum absolute atomic E-state index is 5.85. The summed E-state index contributed by atoms with van der Waals surface area (Å²) in [6, 6.07) is 10.1. The fourth-order valence-electron chi connectivity index (χ4n) is 3.75. The van der Waals surface area contributed by atoms with Gasteiger partial charge in [-0.05, 0) is 36.8 Å². The van der Waals surface area contributed by atoms with Crippen LogP contribution in [-0.2, 0) is 11.3 Å². The summed E-state index contributed by atoms with van der Waals surface area (Å²) < 4.78 is 11.2. The zero-order valence-corrected chi connectivity index (χ0v) is 15.3. The molecule has 2 N–H and O–H groups in total. The maximum atomic E-state index is 5.85. The largest absolute Gasteiger partial charge is 0.459 e. The van der Waals surface area contributed by atoms with Crippen molar-refractivity contribution in [2.45, 2.75) is 38.6 Å². The Morgan fingerprint density at radius 3 is 2.76 bits per heavy atom. The predicted octanol–water partition coefficient (Wildman–Crippen LogP) is 3.69. The third-order valence-electron chi connectivity index (χ3n) is 5.26. The molecule has 3 rings (SSSR count). The van der Waals surface area contributed by atoms with Crippen molar-refractivity contribution in [3.63, 3.8) is 0 Å². The van der Waals surface area contributed by atoms with Gasteiger partial charge in [-0.25, -0.2) is 0 Å². The molecule has 136 valence electrons. The smallest absolute Gasteiger partial charge is 0.191 e. The van der Waals surface area contributed by atoms with E-state index in [1.165, 1.54) is 25.7 Å². The highest BCUT2D eigenvalue weighted by atomic mass is 16.5. The fourth-order valence-corrected chi connectivity index (χ4v) is 3.75. The molecule has 0 amide bonds. The Hall–Kier alpha value is -2.01. The molecule has 0 atom stereocenters. The standard InChI is InChI=1S/C20H29N3O2/c1-21-19(23-15-20(11-12-24-2)9-5-6-10-20)22-14-17-13-16-7-3-4-8-18(16)25-17/h3-4,7-8,13H,5-6,9-12,14-15H2,1-2H3,(H2,21,22,23). The van der Waals surface area contributed by atoms with Crippen molar-refractivity contribution in [2.75, 3.05) is 27.3 Å². The average Bonchev–Trinajstić information content (AvgIpc) is 3.27. The molecule has 1 heterocycles. The van der Waals surface area contributed by atoms with E-state index in [9.17, 15) is 0 Å². The van der Waals surface area contributed by atoms with Gasteiger partial charge in [0.25, 0.3) is 0 Å². The summed E-state index contributed by atoms with van der Waals surface area (Å²) in [6.45, 7) is 2.39. The summed E-state index contributed by atoms with van der Waals surface area (Å²) in [5.74, 6) is 1.74. The Kier molecular flexibility index (Phi) is 5.97. The first-order valence-electron chi connectivity index (χ1n) is 9.16. The Balaban J connectivity index is 1.53. The highest BCUT2D eigenvalue weighted by Gasteiger charge is 2.33. The Bertz CT molecular complexity index is 669. The first kappa shape index (κ1) is 17.8. The van der Waals surface area contributed by atoms with E-state index in [2.05, 4.69) is 27.8 Å². The second kappa shape index (κ2) is 8.39. The van der Waals surface area contributed by atoms with Crippen molar-refractivity contribution in [3.05, 3.63) is 36.1 Å². The first-order chi connectivity index (χ1) is 12.2. The van der Waals surface area contributed by atoms with E-state index >= 15 is 0 Å². The van der Waals surface area contributed by atoms with E-state index in [1.54, 1.807) is 7.11 Å². The number of guanidine groups is 1. The van der Waals surface area contributed by atoms with E-state index < -0.39 is 0 Å². The van der Waals surface area contributed by atoms with Gasteiger partial charge < -0.3 is 19.8 Å². The van der Waals surface area contributed by atoms with Gasteiger partial charge in [0.05, 0.1) is 6.54 Å². The van der Waals surface area contributed by atoms with Crippen LogP contribution in [0.2, 0.25) is 0 Å². The molecule has 1 aromatic carbocycles. The Morgan fingerprint density at radius 1 is 1.24 bits per heavy atom. The van der Waals surface area contributed by atoms with Crippen LogP contribution in [0, 0.1) is 5.41 Å². The number of benzene rings is 1. The average molecular weight is 343 g/mol. The van der Waals surface area contributed by atoms with E-state index in [0.29, 0.717) is 12.0 Å². The topological polar surface area (TPSA) is 58.8 Å². The lowest BCUT2D eigenvalue weighted by Crippen LogP contribution is -2.43. The van der Waals surface area contributed by atoms with Gasteiger partial charge in [-0.15, -0.1) is 0 Å². The normalized spacial score (nSPS) is 17.1. The van der Waals surface area contributed by atoms with Crippen LogP contribution in [0.1, 0.15) is 37.9 Å². The summed E-state index contributed by atoms with van der Waals surface area (Å²) >= 11 is 0. The second-order valence-corrected chi connectivity index (χ2v) is 6.98. The van der Waals surface area contributed by atoms with Crippen LogP contribution in [0.3, 0.4) is 0 Å². The van der Waals surface area contributed by atoms with Gasteiger partial charge in [-0.1, -0.05) is 31.0 Å². The zero-order chi connectivity index (χ0) is 17.5.